The Balaban J connectivity index is 3.17. The minimum atomic E-state index is -0.108. The number of aromatic nitrogens is 1. The number of halogens is 2. The molecule has 0 spiro atoms. The molecule has 60 valence electrons. The molecule has 0 aromatic carbocycles. The molecule has 0 saturated carbocycles. The van der Waals surface area contributed by atoms with E-state index >= 15 is 0 Å². The number of nitrogens with zero attached hydrogens (tertiary/aromatic N) is 1. The van der Waals surface area contributed by atoms with Crippen molar-refractivity contribution in [3.63, 3.8) is 0 Å². The van der Waals surface area contributed by atoms with Gasteiger partial charge in [-0.1, -0.05) is 23.2 Å². The molecule has 1 atom stereocenters. The van der Waals surface area contributed by atoms with E-state index in [0.29, 0.717) is 10.2 Å². The summed E-state index contributed by atoms with van der Waals surface area (Å²) in [6.07, 6.45) is 1.59. The molecule has 0 amide bonds. The molecule has 0 aliphatic heterocycles. The lowest BCUT2D eigenvalue weighted by Gasteiger charge is -2.07. The predicted molar refractivity (Wildman–Crippen MR) is 46.9 cm³/mol. The minimum Gasteiger partial charge on any atom is -0.324 e. The number of pyridine rings is 1. The molecule has 0 fully saturated rings. The fourth-order valence-electron chi connectivity index (χ4n) is 0.784. The van der Waals surface area contributed by atoms with Crippen LogP contribution in [0.25, 0.3) is 0 Å². The van der Waals surface area contributed by atoms with Crippen LogP contribution in [0.15, 0.2) is 12.3 Å². The van der Waals surface area contributed by atoms with E-state index < -0.39 is 0 Å². The molecule has 0 unspecified atom stereocenters. The number of hydrogen-bond donors (Lipinski definition) is 1. The van der Waals surface area contributed by atoms with Crippen LogP contribution in [0.5, 0.6) is 0 Å². The maximum absolute atomic E-state index is 5.81. The van der Waals surface area contributed by atoms with E-state index in [2.05, 4.69) is 4.98 Å². The Morgan fingerprint density at radius 1 is 1.55 bits per heavy atom. The molecule has 0 radical (unpaired) electrons. The summed E-state index contributed by atoms with van der Waals surface area (Å²) < 4.78 is 0. The second kappa shape index (κ2) is 3.39. The van der Waals surface area contributed by atoms with Crippen molar-refractivity contribution in [1.82, 2.24) is 4.98 Å². The van der Waals surface area contributed by atoms with Crippen LogP contribution in [-0.2, 0) is 0 Å². The first kappa shape index (κ1) is 8.78. The highest BCUT2D eigenvalue weighted by atomic mass is 35.5. The van der Waals surface area contributed by atoms with Gasteiger partial charge in [0, 0.05) is 12.2 Å². The molecule has 1 rings (SSSR count). The lowest BCUT2D eigenvalue weighted by Crippen LogP contribution is -2.05. The Morgan fingerprint density at radius 3 is 2.64 bits per heavy atom. The molecule has 0 aliphatic rings. The van der Waals surface area contributed by atoms with Crippen LogP contribution in [0.3, 0.4) is 0 Å². The second-order valence-corrected chi connectivity index (χ2v) is 3.03. The van der Waals surface area contributed by atoms with Crippen molar-refractivity contribution >= 4 is 23.2 Å². The largest absolute Gasteiger partial charge is 0.324 e. The Labute approximate surface area is 75.3 Å². The summed E-state index contributed by atoms with van der Waals surface area (Å²) in [5.41, 5.74) is 6.44. The average molecular weight is 191 g/mol. The van der Waals surface area contributed by atoms with Crippen molar-refractivity contribution in [3.05, 3.63) is 28.0 Å². The monoisotopic (exact) mass is 190 g/mol. The SMILES string of the molecule is C[C@H](N)c1ccnc(Cl)c1Cl. The third kappa shape index (κ3) is 1.83. The highest BCUT2D eigenvalue weighted by Gasteiger charge is 2.07. The van der Waals surface area contributed by atoms with E-state index in [1.807, 2.05) is 6.92 Å². The van der Waals surface area contributed by atoms with Crippen LogP contribution in [0.1, 0.15) is 18.5 Å². The predicted octanol–water partition coefficient (Wildman–Crippen LogP) is 2.41. The molecule has 0 aliphatic carbocycles. The molecule has 1 heterocycles. The second-order valence-electron chi connectivity index (χ2n) is 2.29. The summed E-state index contributed by atoms with van der Waals surface area (Å²) in [6, 6.07) is 1.65. The lowest BCUT2D eigenvalue weighted by molar-refractivity contribution is 0.816. The summed E-state index contributed by atoms with van der Waals surface area (Å²) >= 11 is 11.5. The van der Waals surface area contributed by atoms with Crippen LogP contribution in [0, 0.1) is 0 Å². The smallest absolute Gasteiger partial charge is 0.147 e. The number of rotatable bonds is 1. The molecule has 0 saturated heterocycles. The third-order valence-electron chi connectivity index (χ3n) is 1.37. The summed E-state index contributed by atoms with van der Waals surface area (Å²) in [7, 11) is 0. The Hall–Kier alpha value is -0.310. The normalized spacial score (nSPS) is 13.1. The molecule has 1 aromatic heterocycles. The topological polar surface area (TPSA) is 38.9 Å². The molecular formula is C7H8Cl2N2. The van der Waals surface area contributed by atoms with Crippen molar-refractivity contribution in [3.8, 4) is 0 Å². The van der Waals surface area contributed by atoms with E-state index in [1.54, 1.807) is 12.3 Å². The molecule has 4 heteroatoms. The van der Waals surface area contributed by atoms with Gasteiger partial charge in [-0.15, -0.1) is 0 Å². The minimum absolute atomic E-state index is 0.108. The molecule has 2 nitrogen and oxygen atoms in total. The Bertz CT molecular complexity index is 261. The molecule has 1 aromatic rings. The van der Waals surface area contributed by atoms with E-state index in [-0.39, 0.29) is 6.04 Å². The Kier molecular flexibility index (Phi) is 2.71. The van der Waals surface area contributed by atoms with E-state index in [1.165, 1.54) is 0 Å². The molecule has 11 heavy (non-hydrogen) atoms. The fraction of sp³-hybridized carbons (Fsp3) is 0.286. The highest BCUT2D eigenvalue weighted by molar-refractivity contribution is 6.41. The van der Waals surface area contributed by atoms with Gasteiger partial charge >= 0.3 is 0 Å². The van der Waals surface area contributed by atoms with Gasteiger partial charge in [-0.05, 0) is 18.6 Å². The first-order chi connectivity index (χ1) is 5.13. The van der Waals surface area contributed by atoms with Crippen molar-refractivity contribution < 1.29 is 0 Å². The van der Waals surface area contributed by atoms with Gasteiger partial charge in [0.15, 0.2) is 0 Å². The maximum atomic E-state index is 5.81. The Morgan fingerprint density at radius 2 is 2.18 bits per heavy atom. The molecule has 2 N–H and O–H groups in total. The van der Waals surface area contributed by atoms with Crippen molar-refractivity contribution in [2.24, 2.45) is 5.73 Å². The fourth-order valence-corrected chi connectivity index (χ4v) is 1.23. The van der Waals surface area contributed by atoms with Gasteiger partial charge in [0.2, 0.25) is 0 Å². The van der Waals surface area contributed by atoms with Gasteiger partial charge in [-0.3, -0.25) is 0 Å². The van der Waals surface area contributed by atoms with Gasteiger partial charge in [-0.2, -0.15) is 0 Å². The van der Waals surface area contributed by atoms with Crippen molar-refractivity contribution in [2.75, 3.05) is 0 Å². The first-order valence-corrected chi connectivity index (χ1v) is 3.94. The van der Waals surface area contributed by atoms with Crippen molar-refractivity contribution in [2.45, 2.75) is 13.0 Å². The summed E-state index contributed by atoms with van der Waals surface area (Å²) in [6.45, 7) is 1.84. The van der Waals surface area contributed by atoms with E-state index in [4.69, 9.17) is 28.9 Å². The van der Waals surface area contributed by atoms with Crippen LogP contribution < -0.4 is 5.73 Å². The van der Waals surface area contributed by atoms with E-state index in [0.717, 1.165) is 5.56 Å². The molecule has 0 bridgehead atoms. The van der Waals surface area contributed by atoms with Crippen molar-refractivity contribution in [1.29, 1.82) is 0 Å². The average Bonchev–Trinajstić information content (AvgIpc) is 1.94. The van der Waals surface area contributed by atoms with Gasteiger partial charge in [0.1, 0.15) is 5.15 Å². The highest BCUT2D eigenvalue weighted by Crippen LogP contribution is 2.26. The zero-order chi connectivity index (χ0) is 8.43. The number of hydrogen-bond acceptors (Lipinski definition) is 2. The standard InChI is InChI=1S/C7H8Cl2N2/c1-4(10)5-2-3-11-7(9)6(5)8/h2-4H,10H2,1H3/t4-/m0/s1. The van der Waals surface area contributed by atoms with Crippen LogP contribution in [0.4, 0.5) is 0 Å². The lowest BCUT2D eigenvalue weighted by atomic mass is 10.1. The van der Waals surface area contributed by atoms with Crippen LogP contribution in [-0.4, -0.2) is 4.98 Å². The van der Waals surface area contributed by atoms with Gasteiger partial charge in [-0.25, -0.2) is 4.98 Å². The quantitative estimate of drug-likeness (QED) is 0.692. The van der Waals surface area contributed by atoms with E-state index in [9.17, 15) is 0 Å². The number of nitrogens with two attached hydrogens (primary N) is 1. The zero-order valence-electron chi connectivity index (χ0n) is 6.01. The summed E-state index contributed by atoms with van der Waals surface area (Å²) in [5.74, 6) is 0. The molecular weight excluding hydrogens is 183 g/mol. The third-order valence-corrected chi connectivity index (χ3v) is 2.15. The first-order valence-electron chi connectivity index (χ1n) is 3.18. The summed E-state index contributed by atoms with van der Waals surface area (Å²) in [4.78, 5) is 3.80. The maximum Gasteiger partial charge on any atom is 0.147 e. The summed E-state index contributed by atoms with van der Waals surface area (Å²) in [5, 5.41) is 0.755. The van der Waals surface area contributed by atoms with Crippen LogP contribution >= 0.6 is 23.2 Å². The van der Waals surface area contributed by atoms with Gasteiger partial charge < -0.3 is 5.73 Å². The van der Waals surface area contributed by atoms with Crippen LogP contribution in [0.2, 0.25) is 10.2 Å². The van der Waals surface area contributed by atoms with Gasteiger partial charge in [0.05, 0.1) is 5.02 Å². The zero-order valence-corrected chi connectivity index (χ0v) is 7.52. The van der Waals surface area contributed by atoms with Gasteiger partial charge in [0.25, 0.3) is 0 Å².